The lowest BCUT2D eigenvalue weighted by Crippen LogP contribution is -2.20. The van der Waals surface area contributed by atoms with E-state index in [1.165, 1.54) is 11.5 Å². The Morgan fingerprint density at radius 1 is 1.35 bits per heavy atom. The SMILES string of the molecule is N=C(N)Nc1nc(CSCCNc2nsnc2N)ns1. The summed E-state index contributed by atoms with van der Waals surface area (Å²) in [5.74, 6) is 3.21. The van der Waals surface area contributed by atoms with Crippen molar-refractivity contribution in [2.45, 2.75) is 5.75 Å². The lowest BCUT2D eigenvalue weighted by molar-refractivity contribution is 1.13. The van der Waals surface area contributed by atoms with Crippen molar-refractivity contribution in [2.75, 3.05) is 28.7 Å². The first-order valence-corrected chi connectivity index (χ1v) is 8.14. The number of guanidine groups is 1. The van der Waals surface area contributed by atoms with E-state index in [-0.39, 0.29) is 5.96 Å². The van der Waals surface area contributed by atoms with Crippen LogP contribution in [0.4, 0.5) is 16.8 Å². The molecular weight excluding hydrogens is 318 g/mol. The van der Waals surface area contributed by atoms with Gasteiger partial charge in [-0.1, -0.05) is 0 Å². The number of hydrogen-bond acceptors (Lipinski definition) is 10. The highest BCUT2D eigenvalue weighted by atomic mass is 32.2. The van der Waals surface area contributed by atoms with Crippen LogP contribution in [0.1, 0.15) is 5.82 Å². The Kier molecular flexibility index (Phi) is 5.31. The number of nitrogens with two attached hydrogens (primary N) is 2. The predicted molar refractivity (Wildman–Crippen MR) is 84.4 cm³/mol. The van der Waals surface area contributed by atoms with Crippen LogP contribution in [0.15, 0.2) is 0 Å². The number of nitrogens with zero attached hydrogens (tertiary/aromatic N) is 4. The monoisotopic (exact) mass is 331 g/mol. The van der Waals surface area contributed by atoms with Crippen molar-refractivity contribution in [3.63, 3.8) is 0 Å². The standard InChI is InChI=1S/C8H13N9S3/c9-5-6(17-20-16-5)12-1-2-18-3-4-13-8(19-15-4)14-7(10)11/h1-3H2,(H2,9,16)(H,12,17)(H4,10,11,13,14,15). The number of nitrogen functional groups attached to an aromatic ring is 1. The molecule has 0 aliphatic rings. The van der Waals surface area contributed by atoms with Crippen molar-refractivity contribution in [3.05, 3.63) is 5.82 Å². The Labute approximate surface area is 127 Å². The Morgan fingerprint density at radius 2 is 2.20 bits per heavy atom. The molecule has 0 aliphatic carbocycles. The molecule has 20 heavy (non-hydrogen) atoms. The minimum absolute atomic E-state index is 0.140. The van der Waals surface area contributed by atoms with E-state index in [0.29, 0.717) is 22.5 Å². The Balaban J connectivity index is 1.64. The summed E-state index contributed by atoms with van der Waals surface area (Å²) >= 11 is 3.96. The first-order valence-electron chi connectivity index (χ1n) is 5.48. The molecule has 7 N–H and O–H groups in total. The third-order valence-corrected chi connectivity index (χ3v) is 4.16. The quantitative estimate of drug-likeness (QED) is 0.279. The summed E-state index contributed by atoms with van der Waals surface area (Å²) in [6, 6.07) is 0. The van der Waals surface area contributed by atoms with Crippen LogP contribution in [-0.4, -0.2) is 36.4 Å². The summed E-state index contributed by atoms with van der Waals surface area (Å²) in [5, 5.41) is 13.3. The van der Waals surface area contributed by atoms with E-state index in [1.54, 1.807) is 11.8 Å². The third kappa shape index (κ3) is 4.47. The van der Waals surface area contributed by atoms with Gasteiger partial charge in [-0.3, -0.25) is 5.41 Å². The van der Waals surface area contributed by atoms with Crippen molar-refractivity contribution in [3.8, 4) is 0 Å². The molecule has 2 aromatic heterocycles. The summed E-state index contributed by atoms with van der Waals surface area (Å²) < 4.78 is 12.1. The number of hydrogen-bond donors (Lipinski definition) is 5. The maximum Gasteiger partial charge on any atom is 0.209 e. The molecule has 0 atom stereocenters. The van der Waals surface area contributed by atoms with Crippen molar-refractivity contribution in [1.82, 2.24) is 18.1 Å². The van der Waals surface area contributed by atoms with Gasteiger partial charge in [-0.15, -0.1) is 0 Å². The number of aromatic nitrogens is 4. The maximum absolute atomic E-state index is 7.09. The molecule has 0 unspecified atom stereocenters. The van der Waals surface area contributed by atoms with Crippen LogP contribution >= 0.6 is 35.0 Å². The summed E-state index contributed by atoms with van der Waals surface area (Å²) in [7, 11) is 0. The molecule has 0 radical (unpaired) electrons. The zero-order valence-corrected chi connectivity index (χ0v) is 12.7. The average molecular weight is 331 g/mol. The second kappa shape index (κ2) is 7.21. The highest BCUT2D eigenvalue weighted by molar-refractivity contribution is 7.98. The second-order valence-electron chi connectivity index (χ2n) is 3.53. The molecule has 0 amide bonds. The van der Waals surface area contributed by atoms with Crippen molar-refractivity contribution in [2.24, 2.45) is 5.73 Å². The molecule has 108 valence electrons. The number of rotatable bonds is 7. The molecule has 0 fully saturated rings. The first kappa shape index (κ1) is 14.7. The van der Waals surface area contributed by atoms with Crippen LogP contribution in [0.25, 0.3) is 0 Å². The third-order valence-electron chi connectivity index (χ3n) is 1.99. The van der Waals surface area contributed by atoms with Crippen molar-refractivity contribution < 1.29 is 0 Å². The van der Waals surface area contributed by atoms with E-state index < -0.39 is 0 Å². The molecule has 0 bridgehead atoms. The molecule has 2 aromatic rings. The highest BCUT2D eigenvalue weighted by Crippen LogP contribution is 2.16. The topological polar surface area (TPSA) is 152 Å². The van der Waals surface area contributed by atoms with Gasteiger partial charge in [0.1, 0.15) is 0 Å². The van der Waals surface area contributed by atoms with E-state index in [2.05, 4.69) is 28.7 Å². The van der Waals surface area contributed by atoms with Gasteiger partial charge in [-0.25, -0.2) is 4.98 Å². The zero-order chi connectivity index (χ0) is 14.4. The molecule has 0 spiro atoms. The van der Waals surface area contributed by atoms with Gasteiger partial charge in [0.05, 0.1) is 17.5 Å². The van der Waals surface area contributed by atoms with Crippen molar-refractivity contribution in [1.29, 1.82) is 5.41 Å². The molecule has 0 aliphatic heterocycles. The van der Waals surface area contributed by atoms with E-state index >= 15 is 0 Å². The van der Waals surface area contributed by atoms with Crippen molar-refractivity contribution >= 4 is 57.7 Å². The van der Waals surface area contributed by atoms with Gasteiger partial charge in [0.15, 0.2) is 23.4 Å². The fraction of sp³-hybridized carbons (Fsp3) is 0.375. The Hall–Kier alpha value is -1.66. The van der Waals surface area contributed by atoms with Crippen LogP contribution < -0.4 is 22.1 Å². The summed E-state index contributed by atoms with van der Waals surface area (Å²) in [6.07, 6.45) is 0. The molecule has 9 nitrogen and oxygen atoms in total. The molecule has 0 saturated carbocycles. The van der Waals surface area contributed by atoms with Crippen LogP contribution in [0.2, 0.25) is 0 Å². The lowest BCUT2D eigenvalue weighted by atomic mass is 10.6. The van der Waals surface area contributed by atoms with Gasteiger partial charge >= 0.3 is 0 Å². The predicted octanol–water partition coefficient (Wildman–Crippen LogP) is 0.622. The summed E-state index contributed by atoms with van der Waals surface area (Å²) in [4.78, 5) is 4.21. The maximum atomic E-state index is 7.09. The van der Waals surface area contributed by atoms with Gasteiger partial charge in [0.2, 0.25) is 5.13 Å². The van der Waals surface area contributed by atoms with Crippen LogP contribution in [0.3, 0.4) is 0 Å². The van der Waals surface area contributed by atoms with Crippen LogP contribution in [-0.2, 0) is 5.75 Å². The average Bonchev–Trinajstić information content (AvgIpc) is 2.98. The molecule has 2 heterocycles. The fourth-order valence-electron chi connectivity index (χ4n) is 1.20. The largest absolute Gasteiger partial charge is 0.380 e. The Morgan fingerprint density at radius 3 is 2.90 bits per heavy atom. The van der Waals surface area contributed by atoms with Gasteiger partial charge in [0, 0.05) is 23.8 Å². The first-order chi connectivity index (χ1) is 9.65. The number of nitrogens with one attached hydrogen (secondary N) is 3. The lowest BCUT2D eigenvalue weighted by Gasteiger charge is -2.02. The van der Waals surface area contributed by atoms with Crippen LogP contribution in [0, 0.1) is 5.41 Å². The second-order valence-corrected chi connectivity index (χ2v) is 5.92. The minimum Gasteiger partial charge on any atom is -0.380 e. The molecular formula is C8H13N9S3. The number of thioether (sulfide) groups is 1. The van der Waals surface area contributed by atoms with E-state index in [4.69, 9.17) is 16.9 Å². The highest BCUT2D eigenvalue weighted by Gasteiger charge is 2.05. The van der Waals surface area contributed by atoms with Crippen LogP contribution in [0.5, 0.6) is 0 Å². The van der Waals surface area contributed by atoms with Gasteiger partial charge in [-0.05, 0) is 0 Å². The molecule has 2 rings (SSSR count). The van der Waals surface area contributed by atoms with Gasteiger partial charge in [-0.2, -0.15) is 24.9 Å². The summed E-state index contributed by atoms with van der Waals surface area (Å²) in [5.41, 5.74) is 10.8. The van der Waals surface area contributed by atoms with E-state index in [9.17, 15) is 0 Å². The zero-order valence-electron chi connectivity index (χ0n) is 10.3. The fourth-order valence-corrected chi connectivity index (χ4v) is 3.04. The van der Waals surface area contributed by atoms with E-state index in [1.807, 2.05) is 0 Å². The minimum atomic E-state index is -0.140. The normalized spacial score (nSPS) is 10.4. The molecule has 0 saturated heterocycles. The number of anilines is 3. The van der Waals surface area contributed by atoms with Gasteiger partial charge in [0.25, 0.3) is 0 Å². The molecule has 12 heteroatoms. The smallest absolute Gasteiger partial charge is 0.209 e. The summed E-state index contributed by atoms with van der Waals surface area (Å²) in [6.45, 7) is 0.739. The van der Waals surface area contributed by atoms with E-state index in [0.717, 1.165) is 29.9 Å². The Bertz CT molecular complexity index is 565. The van der Waals surface area contributed by atoms with Gasteiger partial charge < -0.3 is 22.1 Å². The molecule has 0 aromatic carbocycles.